The van der Waals surface area contributed by atoms with E-state index in [0.29, 0.717) is 30.9 Å². The van der Waals surface area contributed by atoms with E-state index in [2.05, 4.69) is 10.5 Å². The van der Waals surface area contributed by atoms with Crippen molar-refractivity contribution in [2.75, 3.05) is 19.8 Å². The number of rotatable bonds is 8. The Morgan fingerprint density at radius 2 is 2.32 bits per heavy atom. The van der Waals surface area contributed by atoms with E-state index >= 15 is 0 Å². The number of hydrogen-bond donors (Lipinski definition) is 1. The summed E-state index contributed by atoms with van der Waals surface area (Å²) in [7, 11) is 0. The van der Waals surface area contributed by atoms with Gasteiger partial charge in [0, 0.05) is 19.8 Å². The Labute approximate surface area is 113 Å². The molecule has 0 aliphatic heterocycles. The lowest BCUT2D eigenvalue weighted by Crippen LogP contribution is -2.26. The smallest absolute Gasteiger partial charge is 0.256 e. The van der Waals surface area contributed by atoms with Crippen LogP contribution in [-0.4, -0.2) is 30.8 Å². The van der Waals surface area contributed by atoms with Gasteiger partial charge in [-0.2, -0.15) is 0 Å². The Balaban J connectivity index is 1.66. The SMILES string of the molecule is CCc1noc(C)c1C(=O)NCCCOCC1CC1. The number of aryl methyl sites for hydroxylation is 2. The lowest BCUT2D eigenvalue weighted by Gasteiger charge is -2.06. The first-order valence-corrected chi connectivity index (χ1v) is 7.03. The molecule has 5 nitrogen and oxygen atoms in total. The predicted octanol–water partition coefficient (Wildman–Crippen LogP) is 2.09. The van der Waals surface area contributed by atoms with Gasteiger partial charge in [0.1, 0.15) is 11.3 Å². The molecular weight excluding hydrogens is 244 g/mol. The van der Waals surface area contributed by atoms with Crippen LogP contribution in [0.15, 0.2) is 4.52 Å². The van der Waals surface area contributed by atoms with Gasteiger partial charge in [0.05, 0.1) is 5.69 Å². The molecule has 1 N–H and O–H groups in total. The van der Waals surface area contributed by atoms with Crippen molar-refractivity contribution in [1.82, 2.24) is 10.5 Å². The quantitative estimate of drug-likeness (QED) is 0.732. The van der Waals surface area contributed by atoms with Crippen molar-refractivity contribution < 1.29 is 14.1 Å². The summed E-state index contributed by atoms with van der Waals surface area (Å²) in [5.74, 6) is 1.28. The minimum absolute atomic E-state index is 0.0993. The van der Waals surface area contributed by atoms with Gasteiger partial charge >= 0.3 is 0 Å². The summed E-state index contributed by atoms with van der Waals surface area (Å²) >= 11 is 0. The number of carbonyl (C=O) groups excluding carboxylic acids is 1. The number of aromatic nitrogens is 1. The zero-order valence-corrected chi connectivity index (χ0v) is 11.7. The van der Waals surface area contributed by atoms with Crippen molar-refractivity contribution in [3.63, 3.8) is 0 Å². The zero-order chi connectivity index (χ0) is 13.7. The van der Waals surface area contributed by atoms with Crippen molar-refractivity contribution in [2.24, 2.45) is 5.92 Å². The first kappa shape index (κ1) is 14.1. The molecule has 106 valence electrons. The van der Waals surface area contributed by atoms with E-state index in [-0.39, 0.29) is 5.91 Å². The fourth-order valence-corrected chi connectivity index (χ4v) is 1.95. The minimum atomic E-state index is -0.0993. The molecule has 1 aliphatic rings. The topological polar surface area (TPSA) is 64.4 Å². The lowest BCUT2D eigenvalue weighted by molar-refractivity contribution is 0.0935. The minimum Gasteiger partial charge on any atom is -0.381 e. The van der Waals surface area contributed by atoms with E-state index in [1.165, 1.54) is 12.8 Å². The average Bonchev–Trinajstić information content (AvgIpc) is 3.15. The standard InChI is InChI=1S/C14H22N2O3/c1-3-12-13(10(2)19-16-12)14(17)15-7-4-8-18-9-11-5-6-11/h11H,3-9H2,1-2H3,(H,15,17). The van der Waals surface area contributed by atoms with Gasteiger partial charge in [-0.1, -0.05) is 12.1 Å². The van der Waals surface area contributed by atoms with Crippen LogP contribution < -0.4 is 5.32 Å². The summed E-state index contributed by atoms with van der Waals surface area (Å²) < 4.78 is 10.6. The highest BCUT2D eigenvalue weighted by atomic mass is 16.5. The maximum atomic E-state index is 12.0. The number of hydrogen-bond acceptors (Lipinski definition) is 4. The Morgan fingerprint density at radius 1 is 1.53 bits per heavy atom. The van der Waals surface area contributed by atoms with Crippen molar-refractivity contribution >= 4 is 5.91 Å². The van der Waals surface area contributed by atoms with Gasteiger partial charge in [-0.15, -0.1) is 0 Å². The first-order chi connectivity index (χ1) is 9.22. The Morgan fingerprint density at radius 3 is 3.00 bits per heavy atom. The fourth-order valence-electron chi connectivity index (χ4n) is 1.95. The molecule has 19 heavy (non-hydrogen) atoms. The van der Waals surface area contributed by atoms with Crippen LogP contribution in [0.5, 0.6) is 0 Å². The summed E-state index contributed by atoms with van der Waals surface area (Å²) in [5.41, 5.74) is 1.31. The number of carbonyl (C=O) groups is 1. The van der Waals surface area contributed by atoms with Crippen LogP contribution in [0.25, 0.3) is 0 Å². The normalized spacial score (nSPS) is 14.6. The van der Waals surface area contributed by atoms with Crippen LogP contribution in [0.2, 0.25) is 0 Å². The summed E-state index contributed by atoms with van der Waals surface area (Å²) in [6.07, 6.45) is 4.15. The summed E-state index contributed by atoms with van der Waals surface area (Å²) in [4.78, 5) is 12.0. The second kappa shape index (κ2) is 6.70. The van der Waals surface area contributed by atoms with E-state index in [1.807, 2.05) is 6.92 Å². The molecule has 0 saturated heterocycles. The summed E-state index contributed by atoms with van der Waals surface area (Å²) in [6, 6.07) is 0. The molecule has 1 saturated carbocycles. The second-order valence-electron chi connectivity index (χ2n) is 5.04. The highest BCUT2D eigenvalue weighted by Gasteiger charge is 2.21. The van der Waals surface area contributed by atoms with Crippen molar-refractivity contribution in [2.45, 2.75) is 39.5 Å². The second-order valence-corrected chi connectivity index (χ2v) is 5.04. The Hall–Kier alpha value is -1.36. The van der Waals surface area contributed by atoms with Gasteiger partial charge in [-0.3, -0.25) is 4.79 Å². The molecule has 1 aromatic rings. The van der Waals surface area contributed by atoms with E-state index in [4.69, 9.17) is 9.26 Å². The molecule has 5 heteroatoms. The van der Waals surface area contributed by atoms with Crippen LogP contribution in [0.4, 0.5) is 0 Å². The van der Waals surface area contributed by atoms with Crippen molar-refractivity contribution in [3.8, 4) is 0 Å². The largest absolute Gasteiger partial charge is 0.381 e. The third-order valence-corrected chi connectivity index (χ3v) is 3.30. The molecule has 2 rings (SSSR count). The predicted molar refractivity (Wildman–Crippen MR) is 71.1 cm³/mol. The van der Waals surface area contributed by atoms with Crippen LogP contribution in [0.3, 0.4) is 0 Å². The molecule has 0 radical (unpaired) electrons. The van der Waals surface area contributed by atoms with Crippen molar-refractivity contribution in [1.29, 1.82) is 0 Å². The third-order valence-electron chi connectivity index (χ3n) is 3.30. The van der Waals surface area contributed by atoms with Crippen LogP contribution in [-0.2, 0) is 11.2 Å². The van der Waals surface area contributed by atoms with Crippen molar-refractivity contribution in [3.05, 3.63) is 17.0 Å². The van der Waals surface area contributed by atoms with E-state index in [0.717, 1.165) is 24.6 Å². The van der Waals surface area contributed by atoms with Gasteiger partial charge in [0.15, 0.2) is 0 Å². The van der Waals surface area contributed by atoms with Crippen LogP contribution >= 0.6 is 0 Å². The maximum Gasteiger partial charge on any atom is 0.256 e. The average molecular weight is 266 g/mol. The highest BCUT2D eigenvalue weighted by molar-refractivity contribution is 5.96. The molecule has 0 spiro atoms. The molecule has 1 amide bonds. The monoisotopic (exact) mass is 266 g/mol. The molecule has 0 unspecified atom stereocenters. The Bertz CT molecular complexity index is 424. The first-order valence-electron chi connectivity index (χ1n) is 7.03. The van der Waals surface area contributed by atoms with Gasteiger partial charge in [-0.25, -0.2) is 0 Å². The zero-order valence-electron chi connectivity index (χ0n) is 11.7. The van der Waals surface area contributed by atoms with E-state index in [9.17, 15) is 4.79 Å². The third kappa shape index (κ3) is 4.06. The fraction of sp³-hybridized carbons (Fsp3) is 0.714. The maximum absolute atomic E-state index is 12.0. The molecular formula is C14H22N2O3. The Kier molecular flexibility index (Phi) is 4.96. The van der Waals surface area contributed by atoms with E-state index in [1.54, 1.807) is 6.92 Å². The van der Waals surface area contributed by atoms with Crippen LogP contribution in [0.1, 0.15) is 48.0 Å². The number of nitrogens with one attached hydrogen (secondary N) is 1. The van der Waals surface area contributed by atoms with Gasteiger partial charge in [0.25, 0.3) is 5.91 Å². The molecule has 1 aliphatic carbocycles. The molecule has 0 bridgehead atoms. The molecule has 0 atom stereocenters. The number of nitrogens with zero attached hydrogens (tertiary/aromatic N) is 1. The van der Waals surface area contributed by atoms with Gasteiger partial charge in [0.2, 0.25) is 0 Å². The molecule has 0 aromatic carbocycles. The molecule has 1 heterocycles. The number of ether oxygens (including phenoxy) is 1. The summed E-state index contributed by atoms with van der Waals surface area (Å²) in [5, 5.41) is 6.76. The van der Waals surface area contributed by atoms with Gasteiger partial charge < -0.3 is 14.6 Å². The number of amides is 1. The van der Waals surface area contributed by atoms with Crippen LogP contribution in [0, 0.1) is 12.8 Å². The molecule has 1 fully saturated rings. The van der Waals surface area contributed by atoms with Gasteiger partial charge in [-0.05, 0) is 38.5 Å². The molecule has 1 aromatic heterocycles. The summed E-state index contributed by atoms with van der Waals surface area (Å²) in [6.45, 7) is 5.93. The highest BCUT2D eigenvalue weighted by Crippen LogP contribution is 2.28. The van der Waals surface area contributed by atoms with E-state index < -0.39 is 0 Å². The lowest BCUT2D eigenvalue weighted by atomic mass is 10.1.